The molecule has 0 aromatic rings. The molecule has 2 N–H and O–H groups in total. The predicted molar refractivity (Wildman–Crippen MR) is 55.7 cm³/mol. The SMILES string of the molecule is CNC(C)C(=O)NN1CCN(C)CC1. The fourth-order valence-electron chi connectivity index (χ4n) is 1.30. The molecular weight excluding hydrogens is 180 g/mol. The Morgan fingerprint density at radius 1 is 1.29 bits per heavy atom. The lowest BCUT2D eigenvalue weighted by molar-refractivity contribution is -0.128. The lowest BCUT2D eigenvalue weighted by Gasteiger charge is -2.32. The fraction of sp³-hybridized carbons (Fsp3) is 0.889. The molecule has 0 aliphatic carbocycles. The number of hydrogen-bond donors (Lipinski definition) is 2. The van der Waals surface area contributed by atoms with E-state index in [4.69, 9.17) is 0 Å². The first kappa shape index (κ1) is 11.4. The van der Waals surface area contributed by atoms with Gasteiger partial charge in [-0.05, 0) is 21.0 Å². The van der Waals surface area contributed by atoms with Gasteiger partial charge in [-0.15, -0.1) is 0 Å². The van der Waals surface area contributed by atoms with Gasteiger partial charge < -0.3 is 10.2 Å². The zero-order chi connectivity index (χ0) is 10.6. The van der Waals surface area contributed by atoms with Crippen LogP contribution in [0.1, 0.15) is 6.92 Å². The van der Waals surface area contributed by atoms with Crippen LogP contribution in [0, 0.1) is 0 Å². The van der Waals surface area contributed by atoms with Crippen molar-refractivity contribution in [2.24, 2.45) is 0 Å². The number of carbonyl (C=O) groups is 1. The van der Waals surface area contributed by atoms with Gasteiger partial charge in [-0.2, -0.15) is 0 Å². The topological polar surface area (TPSA) is 47.6 Å². The van der Waals surface area contributed by atoms with Gasteiger partial charge in [0.15, 0.2) is 0 Å². The van der Waals surface area contributed by atoms with E-state index in [1.807, 2.05) is 11.9 Å². The van der Waals surface area contributed by atoms with Crippen molar-refractivity contribution in [3.05, 3.63) is 0 Å². The first-order valence-electron chi connectivity index (χ1n) is 5.04. The Labute approximate surface area is 85.4 Å². The first-order chi connectivity index (χ1) is 6.63. The van der Waals surface area contributed by atoms with Crippen molar-refractivity contribution in [3.63, 3.8) is 0 Å². The van der Waals surface area contributed by atoms with E-state index in [-0.39, 0.29) is 11.9 Å². The van der Waals surface area contributed by atoms with Gasteiger partial charge in [0.05, 0.1) is 6.04 Å². The quantitative estimate of drug-likeness (QED) is 0.605. The Morgan fingerprint density at radius 3 is 2.36 bits per heavy atom. The average molecular weight is 200 g/mol. The van der Waals surface area contributed by atoms with Crippen LogP contribution in [0.3, 0.4) is 0 Å². The van der Waals surface area contributed by atoms with Crippen molar-refractivity contribution >= 4 is 5.91 Å². The summed E-state index contributed by atoms with van der Waals surface area (Å²) in [6.07, 6.45) is 0. The molecule has 1 heterocycles. The Morgan fingerprint density at radius 2 is 1.86 bits per heavy atom. The van der Waals surface area contributed by atoms with Crippen LogP contribution in [0.4, 0.5) is 0 Å². The number of amides is 1. The lowest BCUT2D eigenvalue weighted by Crippen LogP contribution is -2.55. The maximum Gasteiger partial charge on any atom is 0.251 e. The molecule has 1 amide bonds. The number of likely N-dealkylation sites (N-methyl/N-ethyl adjacent to an activating group) is 2. The average Bonchev–Trinajstić information content (AvgIpc) is 2.20. The minimum Gasteiger partial charge on any atom is -0.309 e. The summed E-state index contributed by atoms with van der Waals surface area (Å²) in [6.45, 7) is 5.67. The molecular formula is C9H20N4O. The summed E-state index contributed by atoms with van der Waals surface area (Å²) < 4.78 is 0. The van der Waals surface area contributed by atoms with Crippen LogP contribution in [0.5, 0.6) is 0 Å². The molecule has 0 radical (unpaired) electrons. The zero-order valence-electron chi connectivity index (χ0n) is 9.21. The van der Waals surface area contributed by atoms with Crippen molar-refractivity contribution in [1.82, 2.24) is 20.7 Å². The lowest BCUT2D eigenvalue weighted by atomic mass is 10.3. The summed E-state index contributed by atoms with van der Waals surface area (Å²) in [5.41, 5.74) is 2.90. The van der Waals surface area contributed by atoms with E-state index in [0.29, 0.717) is 0 Å². The third-order valence-corrected chi connectivity index (χ3v) is 2.60. The number of nitrogens with one attached hydrogen (secondary N) is 2. The number of hydrogen-bond acceptors (Lipinski definition) is 4. The molecule has 1 fully saturated rings. The molecule has 0 bridgehead atoms. The predicted octanol–water partition coefficient (Wildman–Crippen LogP) is -1.13. The largest absolute Gasteiger partial charge is 0.309 e. The van der Waals surface area contributed by atoms with E-state index < -0.39 is 0 Å². The minimum absolute atomic E-state index is 0.0389. The van der Waals surface area contributed by atoms with Crippen LogP contribution in [-0.2, 0) is 4.79 Å². The highest BCUT2D eigenvalue weighted by Gasteiger charge is 2.17. The maximum atomic E-state index is 11.5. The van der Waals surface area contributed by atoms with Gasteiger partial charge >= 0.3 is 0 Å². The molecule has 0 spiro atoms. The molecule has 0 aromatic heterocycles. The minimum atomic E-state index is -0.130. The van der Waals surface area contributed by atoms with Gasteiger partial charge in [0.25, 0.3) is 5.91 Å². The highest BCUT2D eigenvalue weighted by atomic mass is 16.2. The third kappa shape index (κ3) is 3.25. The maximum absolute atomic E-state index is 11.5. The van der Waals surface area contributed by atoms with Gasteiger partial charge in [-0.1, -0.05) is 0 Å². The van der Waals surface area contributed by atoms with Crippen molar-refractivity contribution in [2.45, 2.75) is 13.0 Å². The van der Waals surface area contributed by atoms with Crippen molar-refractivity contribution in [1.29, 1.82) is 0 Å². The highest BCUT2D eigenvalue weighted by molar-refractivity contribution is 5.80. The molecule has 5 heteroatoms. The monoisotopic (exact) mass is 200 g/mol. The van der Waals surface area contributed by atoms with E-state index in [2.05, 4.69) is 22.7 Å². The molecule has 1 atom stereocenters. The molecule has 0 saturated carbocycles. The standard InChI is InChI=1S/C9H20N4O/c1-8(10-2)9(14)11-13-6-4-12(3)5-7-13/h8,10H,4-7H2,1-3H3,(H,11,14). The number of rotatable bonds is 3. The second-order valence-electron chi connectivity index (χ2n) is 3.78. The van der Waals surface area contributed by atoms with E-state index in [0.717, 1.165) is 26.2 Å². The first-order valence-corrected chi connectivity index (χ1v) is 5.04. The normalized spacial score (nSPS) is 21.9. The summed E-state index contributed by atoms with van der Waals surface area (Å²) in [6, 6.07) is -0.130. The number of piperazine rings is 1. The van der Waals surface area contributed by atoms with Gasteiger partial charge in [-0.3, -0.25) is 10.2 Å². The summed E-state index contributed by atoms with van der Waals surface area (Å²) in [5.74, 6) is 0.0389. The molecule has 0 aromatic carbocycles. The van der Waals surface area contributed by atoms with Crippen LogP contribution in [0.2, 0.25) is 0 Å². The van der Waals surface area contributed by atoms with Crippen molar-refractivity contribution < 1.29 is 4.79 Å². The molecule has 82 valence electrons. The second-order valence-corrected chi connectivity index (χ2v) is 3.78. The van der Waals surface area contributed by atoms with E-state index in [9.17, 15) is 4.79 Å². The molecule has 1 aliphatic heterocycles. The molecule has 1 saturated heterocycles. The van der Waals surface area contributed by atoms with Gasteiger partial charge in [0, 0.05) is 26.2 Å². The number of nitrogens with zero attached hydrogens (tertiary/aromatic N) is 2. The van der Waals surface area contributed by atoms with E-state index >= 15 is 0 Å². The third-order valence-electron chi connectivity index (χ3n) is 2.60. The van der Waals surface area contributed by atoms with Crippen molar-refractivity contribution in [2.75, 3.05) is 40.3 Å². The number of hydrazine groups is 1. The Kier molecular flexibility index (Phi) is 4.31. The molecule has 1 rings (SSSR count). The van der Waals surface area contributed by atoms with Gasteiger partial charge in [-0.25, -0.2) is 5.01 Å². The molecule has 1 unspecified atom stereocenters. The summed E-state index contributed by atoms with van der Waals surface area (Å²) in [5, 5.41) is 4.90. The van der Waals surface area contributed by atoms with E-state index in [1.165, 1.54) is 0 Å². The zero-order valence-corrected chi connectivity index (χ0v) is 9.21. The summed E-state index contributed by atoms with van der Waals surface area (Å²) in [4.78, 5) is 13.7. The van der Waals surface area contributed by atoms with E-state index in [1.54, 1.807) is 7.05 Å². The summed E-state index contributed by atoms with van der Waals surface area (Å²) >= 11 is 0. The smallest absolute Gasteiger partial charge is 0.251 e. The Bertz CT molecular complexity index is 189. The van der Waals surface area contributed by atoms with Gasteiger partial charge in [0.1, 0.15) is 0 Å². The van der Waals surface area contributed by atoms with Crippen LogP contribution in [-0.4, -0.2) is 62.1 Å². The van der Waals surface area contributed by atoms with Crippen LogP contribution < -0.4 is 10.7 Å². The molecule has 1 aliphatic rings. The Balaban J connectivity index is 2.27. The summed E-state index contributed by atoms with van der Waals surface area (Å²) in [7, 11) is 3.88. The van der Waals surface area contributed by atoms with Crippen LogP contribution >= 0.6 is 0 Å². The highest BCUT2D eigenvalue weighted by Crippen LogP contribution is 1.95. The molecule has 14 heavy (non-hydrogen) atoms. The van der Waals surface area contributed by atoms with Crippen molar-refractivity contribution in [3.8, 4) is 0 Å². The molecule has 5 nitrogen and oxygen atoms in total. The van der Waals surface area contributed by atoms with Gasteiger partial charge in [0.2, 0.25) is 0 Å². The Hall–Kier alpha value is -0.650. The second kappa shape index (κ2) is 5.29. The van der Waals surface area contributed by atoms with Crippen LogP contribution in [0.25, 0.3) is 0 Å². The fourth-order valence-corrected chi connectivity index (χ4v) is 1.30. The number of carbonyl (C=O) groups excluding carboxylic acids is 1. The van der Waals surface area contributed by atoms with Crippen LogP contribution in [0.15, 0.2) is 0 Å².